The third kappa shape index (κ3) is 3.63. The second kappa shape index (κ2) is 8.70. The summed E-state index contributed by atoms with van der Waals surface area (Å²) in [6, 6.07) is 1.09. The van der Waals surface area contributed by atoms with Gasteiger partial charge in [0.15, 0.2) is 23.1 Å². The van der Waals surface area contributed by atoms with Gasteiger partial charge in [0, 0.05) is 38.4 Å². The van der Waals surface area contributed by atoms with Crippen LogP contribution in [0.1, 0.15) is 40.5 Å². The van der Waals surface area contributed by atoms with Crippen LogP contribution in [0.2, 0.25) is 0 Å². The summed E-state index contributed by atoms with van der Waals surface area (Å²) in [4.78, 5) is 38.9. The number of aromatic nitrogens is 5. The van der Waals surface area contributed by atoms with Crippen LogP contribution in [0.15, 0.2) is 16.9 Å². The van der Waals surface area contributed by atoms with Crippen molar-refractivity contribution >= 4 is 22.9 Å². The Morgan fingerprint density at radius 2 is 1.94 bits per heavy atom. The first-order valence-corrected chi connectivity index (χ1v) is 12.1. The molecule has 0 aromatic carbocycles. The van der Waals surface area contributed by atoms with Crippen molar-refractivity contribution in [1.82, 2.24) is 29.0 Å². The molecule has 3 aromatic rings. The number of carbonyl (C=O) groups is 1. The van der Waals surface area contributed by atoms with E-state index in [1.165, 1.54) is 9.42 Å². The maximum Gasteiger partial charge on any atom is 0.299 e. The molecule has 12 heteroatoms. The molecule has 188 valence electrons. The van der Waals surface area contributed by atoms with Gasteiger partial charge in [-0.1, -0.05) is 6.08 Å². The van der Waals surface area contributed by atoms with Crippen molar-refractivity contribution in [3.8, 4) is 5.75 Å². The molecule has 0 aliphatic carbocycles. The van der Waals surface area contributed by atoms with Crippen LogP contribution >= 0.6 is 0 Å². The minimum absolute atomic E-state index is 0.218. The molecule has 1 fully saturated rings. The van der Waals surface area contributed by atoms with Gasteiger partial charge in [-0.15, -0.1) is 5.10 Å². The summed E-state index contributed by atoms with van der Waals surface area (Å²) in [5, 5.41) is 14.6. The molecule has 1 N–H and O–H groups in total. The van der Waals surface area contributed by atoms with Gasteiger partial charge in [0.1, 0.15) is 5.69 Å². The number of pyridine rings is 1. The molecule has 3 aliphatic heterocycles. The average Bonchev–Trinajstić information content (AvgIpc) is 3.55. The molecule has 11 nitrogen and oxygen atoms in total. The molecule has 1 saturated heterocycles. The highest BCUT2D eigenvalue weighted by Crippen LogP contribution is 2.28. The first-order chi connectivity index (χ1) is 17.4. The lowest BCUT2D eigenvalue weighted by Gasteiger charge is -2.36. The summed E-state index contributed by atoms with van der Waals surface area (Å²) in [5.41, 5.74) is 2.31. The summed E-state index contributed by atoms with van der Waals surface area (Å²) < 4.78 is 22.8. The predicted molar refractivity (Wildman–Crippen MR) is 128 cm³/mol. The zero-order valence-corrected chi connectivity index (χ0v) is 19.9. The van der Waals surface area contributed by atoms with Gasteiger partial charge in [0.25, 0.3) is 11.5 Å². The Labute approximate surface area is 205 Å². The number of hydrogen-bond donors (Lipinski definition) is 1. The van der Waals surface area contributed by atoms with E-state index in [4.69, 9.17) is 9.72 Å². The van der Waals surface area contributed by atoms with Gasteiger partial charge in [-0.25, -0.2) is 9.37 Å². The van der Waals surface area contributed by atoms with E-state index in [0.29, 0.717) is 68.8 Å². The number of amides is 1. The normalized spacial score (nSPS) is 18.0. The molecule has 0 radical (unpaired) electrons. The lowest BCUT2D eigenvalue weighted by molar-refractivity contribution is 0.0736. The average molecular weight is 496 g/mol. The number of nitrogens with zero attached hydrogens (tertiary/aromatic N) is 7. The Bertz CT molecular complexity index is 1470. The van der Waals surface area contributed by atoms with E-state index in [9.17, 15) is 19.1 Å². The van der Waals surface area contributed by atoms with Crippen molar-refractivity contribution in [2.24, 2.45) is 0 Å². The van der Waals surface area contributed by atoms with Gasteiger partial charge < -0.3 is 24.2 Å². The molecule has 3 aliphatic rings. The van der Waals surface area contributed by atoms with E-state index in [2.05, 4.69) is 14.6 Å². The van der Waals surface area contributed by atoms with Gasteiger partial charge in [-0.3, -0.25) is 9.59 Å². The lowest BCUT2D eigenvalue weighted by atomic mass is 10.1. The molecular formula is C24H26FN7O4. The Morgan fingerprint density at radius 1 is 1.14 bits per heavy atom. The zero-order chi connectivity index (χ0) is 25.0. The largest absolute Gasteiger partial charge is 0.503 e. The minimum atomic E-state index is -0.870. The van der Waals surface area contributed by atoms with Crippen LogP contribution in [-0.2, 0) is 17.7 Å². The summed E-state index contributed by atoms with van der Waals surface area (Å²) >= 11 is 0. The summed E-state index contributed by atoms with van der Waals surface area (Å²) in [5.74, 6) is -1.03. The van der Waals surface area contributed by atoms with Gasteiger partial charge >= 0.3 is 0 Å². The number of piperazine rings is 1. The molecule has 3 aromatic heterocycles. The fourth-order valence-electron chi connectivity index (χ4n) is 5.22. The second-order valence-electron chi connectivity index (χ2n) is 9.28. The van der Waals surface area contributed by atoms with Crippen molar-refractivity contribution in [3.63, 3.8) is 0 Å². The van der Waals surface area contributed by atoms with Crippen LogP contribution in [0.25, 0.3) is 11.4 Å². The first-order valence-electron chi connectivity index (χ1n) is 12.1. The Morgan fingerprint density at radius 3 is 2.69 bits per heavy atom. The number of aromatic hydroxyl groups is 1. The molecule has 0 spiro atoms. The van der Waals surface area contributed by atoms with E-state index in [1.807, 2.05) is 11.0 Å². The molecule has 36 heavy (non-hydrogen) atoms. The third-order valence-corrected chi connectivity index (χ3v) is 7.03. The van der Waals surface area contributed by atoms with Crippen molar-refractivity contribution < 1.29 is 19.0 Å². The molecule has 0 bridgehead atoms. The van der Waals surface area contributed by atoms with Crippen LogP contribution < -0.4 is 10.5 Å². The van der Waals surface area contributed by atoms with Gasteiger partial charge in [0.05, 0.1) is 18.9 Å². The fraction of sp³-hybridized carbons (Fsp3) is 0.458. The van der Waals surface area contributed by atoms with Crippen molar-refractivity contribution in [2.75, 3.05) is 44.3 Å². The number of hydrogen-bond acceptors (Lipinski definition) is 8. The van der Waals surface area contributed by atoms with Crippen LogP contribution in [-0.4, -0.2) is 79.5 Å². The topological polar surface area (TPSA) is 118 Å². The van der Waals surface area contributed by atoms with Crippen molar-refractivity contribution in [1.29, 1.82) is 0 Å². The SMILES string of the molecule is Cc1cc(F)c(O)c(C(=O)N2CCN(c3c4n(c5nc(C6=CCOCC6)nn5c3=O)CCC4)CC2)n1. The van der Waals surface area contributed by atoms with Gasteiger partial charge in [-0.2, -0.15) is 9.50 Å². The predicted octanol–water partition coefficient (Wildman–Crippen LogP) is 1.15. The first kappa shape index (κ1) is 22.7. The molecular weight excluding hydrogens is 469 g/mol. The van der Waals surface area contributed by atoms with E-state index < -0.39 is 17.5 Å². The highest BCUT2D eigenvalue weighted by atomic mass is 19.1. The second-order valence-corrected chi connectivity index (χ2v) is 9.28. The lowest BCUT2D eigenvalue weighted by Crippen LogP contribution is -2.50. The van der Waals surface area contributed by atoms with Gasteiger partial charge in [0.2, 0.25) is 5.78 Å². The summed E-state index contributed by atoms with van der Waals surface area (Å²) in [6.07, 6.45) is 4.33. The van der Waals surface area contributed by atoms with E-state index in [0.717, 1.165) is 36.7 Å². The smallest absolute Gasteiger partial charge is 0.299 e. The Hall–Kier alpha value is -3.80. The number of halogens is 1. The quantitative estimate of drug-likeness (QED) is 0.575. The fourth-order valence-corrected chi connectivity index (χ4v) is 5.22. The number of aryl methyl sites for hydroxylation is 2. The number of anilines is 1. The van der Waals surface area contributed by atoms with Crippen LogP contribution in [0, 0.1) is 12.7 Å². The minimum Gasteiger partial charge on any atom is -0.503 e. The Balaban J connectivity index is 1.30. The number of rotatable bonds is 3. The standard InChI is InChI=1S/C24H26FN7O4/c1-14-13-16(25)20(33)18(26-14)22(34)30-9-7-29(8-10-30)19-17-3-2-6-31(17)24-27-21(28-32(24)23(19)35)15-4-11-36-12-5-15/h4,13,33H,2-3,5-12H2,1H3. The number of carbonyl (C=O) groups excluding carboxylic acids is 1. The van der Waals surface area contributed by atoms with E-state index >= 15 is 0 Å². The van der Waals surface area contributed by atoms with Crippen LogP contribution in [0.3, 0.4) is 0 Å². The van der Waals surface area contributed by atoms with Crippen LogP contribution in [0.5, 0.6) is 5.75 Å². The highest BCUT2D eigenvalue weighted by Gasteiger charge is 2.31. The molecule has 6 heterocycles. The van der Waals surface area contributed by atoms with E-state index in [1.54, 1.807) is 6.92 Å². The molecule has 6 rings (SSSR count). The Kier molecular flexibility index (Phi) is 5.47. The third-order valence-electron chi connectivity index (χ3n) is 7.03. The molecule has 0 unspecified atom stereocenters. The zero-order valence-electron chi connectivity index (χ0n) is 19.9. The summed E-state index contributed by atoms with van der Waals surface area (Å²) in [6.45, 7) is 4.88. The summed E-state index contributed by atoms with van der Waals surface area (Å²) in [7, 11) is 0. The maximum atomic E-state index is 13.9. The van der Waals surface area contributed by atoms with Crippen molar-refractivity contribution in [2.45, 2.75) is 32.7 Å². The van der Waals surface area contributed by atoms with E-state index in [-0.39, 0.29) is 11.3 Å². The number of ether oxygens (including phenoxy) is 1. The molecule has 0 saturated carbocycles. The maximum absolute atomic E-state index is 13.9. The van der Waals surface area contributed by atoms with Gasteiger partial charge in [-0.05, 0) is 37.8 Å². The molecule has 0 atom stereocenters. The van der Waals surface area contributed by atoms with Crippen molar-refractivity contribution in [3.05, 3.63) is 51.2 Å². The number of fused-ring (bicyclic) bond motifs is 3. The molecule has 1 amide bonds. The van der Waals surface area contributed by atoms with Crippen LogP contribution in [0.4, 0.5) is 10.1 Å². The highest BCUT2D eigenvalue weighted by molar-refractivity contribution is 5.95. The monoisotopic (exact) mass is 495 g/mol.